The molecule has 3 unspecified atom stereocenters. The summed E-state index contributed by atoms with van der Waals surface area (Å²) in [5.74, 6) is 1.02. The van der Waals surface area contributed by atoms with Crippen LogP contribution in [-0.2, 0) is 0 Å². The molecule has 0 amide bonds. The summed E-state index contributed by atoms with van der Waals surface area (Å²) in [7, 11) is 0. The highest BCUT2D eigenvalue weighted by Crippen LogP contribution is 2.28. The molecule has 0 heterocycles. The van der Waals surface area contributed by atoms with Crippen LogP contribution in [0.25, 0.3) is 0 Å². The number of rotatable bonds is 4. The molecule has 0 aromatic heterocycles. The van der Waals surface area contributed by atoms with Gasteiger partial charge < -0.3 is 5.11 Å². The Morgan fingerprint density at radius 1 is 1.27 bits per heavy atom. The first kappa shape index (κ1) is 11.0. The van der Waals surface area contributed by atoms with E-state index in [-0.39, 0.29) is 0 Å². The Hall–Kier alpha value is -0.0400. The normalized spacial score (nSPS) is 22.4. The zero-order valence-corrected chi connectivity index (χ0v) is 8.52. The summed E-state index contributed by atoms with van der Waals surface area (Å²) < 4.78 is 0. The van der Waals surface area contributed by atoms with Gasteiger partial charge in [0.05, 0.1) is 5.60 Å². The van der Waals surface area contributed by atoms with Crippen LogP contribution in [0.2, 0.25) is 0 Å². The van der Waals surface area contributed by atoms with Crippen molar-refractivity contribution >= 4 is 0 Å². The Kier molecular flexibility index (Phi) is 4.09. The van der Waals surface area contributed by atoms with Crippen LogP contribution in [0.15, 0.2) is 0 Å². The summed E-state index contributed by atoms with van der Waals surface area (Å²) in [5.41, 5.74) is -0.477. The second-order valence-electron chi connectivity index (χ2n) is 3.88. The van der Waals surface area contributed by atoms with Crippen molar-refractivity contribution in [2.75, 3.05) is 0 Å². The fourth-order valence-corrected chi connectivity index (χ4v) is 1.29. The van der Waals surface area contributed by atoms with Crippen LogP contribution < -0.4 is 0 Å². The Morgan fingerprint density at radius 2 is 1.73 bits per heavy atom. The first-order valence-electron chi connectivity index (χ1n) is 4.68. The van der Waals surface area contributed by atoms with Crippen molar-refractivity contribution in [2.45, 2.75) is 53.1 Å². The molecule has 0 saturated carbocycles. The molecule has 1 N–H and O–H groups in total. The van der Waals surface area contributed by atoms with Gasteiger partial charge in [-0.15, -0.1) is 0 Å². The number of hydrogen-bond acceptors (Lipinski definition) is 1. The Labute approximate surface area is 70.8 Å². The monoisotopic (exact) mass is 158 g/mol. The van der Waals surface area contributed by atoms with Crippen LogP contribution in [-0.4, -0.2) is 10.7 Å². The quantitative estimate of drug-likeness (QED) is 0.667. The third-order valence-corrected chi connectivity index (χ3v) is 3.19. The van der Waals surface area contributed by atoms with E-state index in [4.69, 9.17) is 0 Å². The molecule has 1 heteroatoms. The van der Waals surface area contributed by atoms with Gasteiger partial charge in [0, 0.05) is 0 Å². The molecule has 0 bridgehead atoms. The van der Waals surface area contributed by atoms with Crippen LogP contribution in [0, 0.1) is 11.8 Å². The average Bonchev–Trinajstić information content (AvgIpc) is 2.01. The summed E-state index contributed by atoms with van der Waals surface area (Å²) in [5, 5.41) is 9.89. The van der Waals surface area contributed by atoms with Crippen molar-refractivity contribution in [3.05, 3.63) is 0 Å². The number of hydrogen-bond donors (Lipinski definition) is 1. The maximum atomic E-state index is 9.89. The molecule has 0 fully saturated rings. The summed E-state index contributed by atoms with van der Waals surface area (Å²) in [6, 6.07) is 0. The van der Waals surface area contributed by atoms with Crippen LogP contribution in [0.4, 0.5) is 0 Å². The minimum atomic E-state index is -0.477. The van der Waals surface area contributed by atoms with Crippen LogP contribution in [0.5, 0.6) is 0 Å². The van der Waals surface area contributed by atoms with Crippen LogP contribution in [0.1, 0.15) is 47.5 Å². The lowest BCUT2D eigenvalue weighted by molar-refractivity contribution is -0.0192. The van der Waals surface area contributed by atoms with Crippen molar-refractivity contribution in [1.82, 2.24) is 0 Å². The zero-order chi connectivity index (χ0) is 9.07. The molecule has 0 spiro atoms. The predicted molar refractivity (Wildman–Crippen MR) is 49.5 cm³/mol. The van der Waals surface area contributed by atoms with Crippen molar-refractivity contribution in [2.24, 2.45) is 11.8 Å². The van der Waals surface area contributed by atoms with E-state index in [1.807, 2.05) is 13.8 Å². The lowest BCUT2D eigenvalue weighted by Crippen LogP contribution is -2.35. The molecule has 0 rings (SSSR count). The van der Waals surface area contributed by atoms with Gasteiger partial charge in [-0.25, -0.2) is 0 Å². The highest BCUT2D eigenvalue weighted by atomic mass is 16.3. The van der Waals surface area contributed by atoms with Crippen molar-refractivity contribution in [3.8, 4) is 0 Å². The van der Waals surface area contributed by atoms with E-state index >= 15 is 0 Å². The molecule has 0 radical (unpaired) electrons. The van der Waals surface area contributed by atoms with Crippen molar-refractivity contribution in [1.29, 1.82) is 0 Å². The second kappa shape index (κ2) is 4.10. The number of aliphatic hydroxyl groups is 1. The van der Waals surface area contributed by atoms with Crippen molar-refractivity contribution < 1.29 is 5.11 Å². The lowest BCUT2D eigenvalue weighted by atomic mass is 9.79. The molecule has 0 aromatic carbocycles. The molecule has 0 aliphatic heterocycles. The zero-order valence-electron chi connectivity index (χ0n) is 8.52. The third-order valence-electron chi connectivity index (χ3n) is 3.19. The molecule has 0 aliphatic carbocycles. The largest absolute Gasteiger partial charge is 0.390 e. The van der Waals surface area contributed by atoms with Gasteiger partial charge >= 0.3 is 0 Å². The molecule has 68 valence electrons. The SMILES string of the molecule is CCC(C)C(C)C(C)(O)CC. The first-order chi connectivity index (χ1) is 4.95. The van der Waals surface area contributed by atoms with Gasteiger partial charge in [0.1, 0.15) is 0 Å². The lowest BCUT2D eigenvalue weighted by Gasteiger charge is -2.33. The van der Waals surface area contributed by atoms with E-state index in [1.165, 1.54) is 0 Å². The second-order valence-corrected chi connectivity index (χ2v) is 3.88. The minimum Gasteiger partial charge on any atom is -0.390 e. The van der Waals surface area contributed by atoms with Crippen LogP contribution >= 0.6 is 0 Å². The van der Waals surface area contributed by atoms with E-state index in [0.29, 0.717) is 11.8 Å². The van der Waals surface area contributed by atoms with E-state index in [2.05, 4.69) is 20.8 Å². The topological polar surface area (TPSA) is 20.2 Å². The Bertz CT molecular complexity index is 107. The van der Waals surface area contributed by atoms with Gasteiger partial charge in [-0.3, -0.25) is 0 Å². The van der Waals surface area contributed by atoms with E-state index in [0.717, 1.165) is 12.8 Å². The van der Waals surface area contributed by atoms with Crippen molar-refractivity contribution in [3.63, 3.8) is 0 Å². The molecule has 11 heavy (non-hydrogen) atoms. The smallest absolute Gasteiger partial charge is 0.0645 e. The summed E-state index contributed by atoms with van der Waals surface area (Å²) in [6.07, 6.45) is 2.00. The van der Waals surface area contributed by atoms with E-state index < -0.39 is 5.60 Å². The predicted octanol–water partition coefficient (Wildman–Crippen LogP) is 2.83. The summed E-state index contributed by atoms with van der Waals surface area (Å²) in [6.45, 7) is 10.5. The summed E-state index contributed by atoms with van der Waals surface area (Å²) >= 11 is 0. The van der Waals surface area contributed by atoms with Gasteiger partial charge in [0.2, 0.25) is 0 Å². The molecule has 0 aromatic rings. The molecule has 1 nitrogen and oxygen atoms in total. The van der Waals surface area contributed by atoms with E-state index in [1.54, 1.807) is 0 Å². The van der Waals surface area contributed by atoms with Gasteiger partial charge in [-0.1, -0.05) is 34.1 Å². The molecule has 0 saturated heterocycles. The Balaban J connectivity index is 4.10. The maximum Gasteiger partial charge on any atom is 0.0645 e. The Morgan fingerprint density at radius 3 is 2.00 bits per heavy atom. The fraction of sp³-hybridized carbons (Fsp3) is 1.00. The van der Waals surface area contributed by atoms with Gasteiger partial charge in [-0.2, -0.15) is 0 Å². The van der Waals surface area contributed by atoms with Gasteiger partial charge in [-0.05, 0) is 25.2 Å². The fourth-order valence-electron chi connectivity index (χ4n) is 1.29. The van der Waals surface area contributed by atoms with Gasteiger partial charge in [0.15, 0.2) is 0 Å². The van der Waals surface area contributed by atoms with Crippen LogP contribution in [0.3, 0.4) is 0 Å². The molecule has 3 atom stereocenters. The highest BCUT2D eigenvalue weighted by molar-refractivity contribution is 4.80. The third kappa shape index (κ3) is 2.82. The molecular formula is C10H22O. The summed E-state index contributed by atoms with van der Waals surface area (Å²) in [4.78, 5) is 0. The minimum absolute atomic E-state index is 0.400. The first-order valence-corrected chi connectivity index (χ1v) is 4.68. The standard InChI is InChI=1S/C10H22O/c1-6-8(3)9(4)10(5,11)7-2/h8-9,11H,6-7H2,1-5H3. The molecule has 0 aliphatic rings. The highest BCUT2D eigenvalue weighted by Gasteiger charge is 2.29. The van der Waals surface area contributed by atoms with E-state index in [9.17, 15) is 5.11 Å². The average molecular weight is 158 g/mol. The molecular weight excluding hydrogens is 136 g/mol. The van der Waals surface area contributed by atoms with Gasteiger partial charge in [0.25, 0.3) is 0 Å². The maximum absolute atomic E-state index is 9.89.